The summed E-state index contributed by atoms with van der Waals surface area (Å²) in [5, 5.41) is 4.20. The van der Waals surface area contributed by atoms with Crippen LogP contribution in [0.4, 0.5) is 24.5 Å². The van der Waals surface area contributed by atoms with E-state index in [1.807, 2.05) is 25.1 Å². The third kappa shape index (κ3) is 5.50. The van der Waals surface area contributed by atoms with Crippen LogP contribution in [0.5, 0.6) is 0 Å². The van der Waals surface area contributed by atoms with Gasteiger partial charge in [0.05, 0.1) is 16.0 Å². The number of nitrogens with two attached hydrogens (primary N) is 1. The van der Waals surface area contributed by atoms with Gasteiger partial charge < -0.3 is 9.80 Å². The Labute approximate surface area is 191 Å². The lowest BCUT2D eigenvalue weighted by molar-refractivity contribution is -0.0435. The fourth-order valence-corrected chi connectivity index (χ4v) is 5.01. The molecule has 2 aromatic rings. The van der Waals surface area contributed by atoms with Crippen molar-refractivity contribution in [2.45, 2.75) is 34.0 Å². The summed E-state index contributed by atoms with van der Waals surface area (Å²) >= 11 is 4.56. The van der Waals surface area contributed by atoms with E-state index in [1.54, 1.807) is 25.1 Å². The number of alkyl halides is 3. The Morgan fingerprint density at radius 2 is 1.69 bits per heavy atom. The summed E-state index contributed by atoms with van der Waals surface area (Å²) in [7, 11) is -6.71. The largest absolute Gasteiger partial charge is 0.501 e. The summed E-state index contributed by atoms with van der Waals surface area (Å²) in [6.45, 7) is 1.91. The summed E-state index contributed by atoms with van der Waals surface area (Å²) < 4.78 is 88.4. The van der Waals surface area contributed by atoms with Crippen LogP contribution in [0.15, 0.2) is 52.3 Å². The SMILES string of the molecule is CCCN(c1ccc(S(N)(=O)=O)cc1S(=O)(=O)C(F)(F)F)[C@H](S)c1cccc(N(C)C)c1. The first-order chi connectivity index (χ1) is 14.6. The average Bonchev–Trinajstić information content (AvgIpc) is 2.69. The smallest absolute Gasteiger partial charge is 0.378 e. The number of anilines is 2. The molecule has 0 aliphatic carbocycles. The summed E-state index contributed by atoms with van der Waals surface area (Å²) in [4.78, 5) is 1.26. The van der Waals surface area contributed by atoms with Crippen LogP contribution in [0, 0.1) is 0 Å². The standard InChI is InChI=1S/C19H24F3N3O4S3/c1-4-10-25(18(30)13-6-5-7-14(11-13)24(2)3)16-9-8-15(32(23,28)29)12-17(16)31(26,27)19(20,21)22/h5-9,11-12,18,30H,4,10H2,1-3H3,(H2,23,28,29)/t18-/m1/s1. The van der Waals surface area contributed by atoms with Gasteiger partial charge in [0, 0.05) is 26.3 Å². The van der Waals surface area contributed by atoms with Gasteiger partial charge in [-0.15, -0.1) is 12.6 Å². The Kier molecular flexibility index (Phi) is 7.80. The third-order valence-electron chi connectivity index (χ3n) is 4.61. The second-order valence-electron chi connectivity index (χ2n) is 7.18. The van der Waals surface area contributed by atoms with E-state index < -0.39 is 40.5 Å². The van der Waals surface area contributed by atoms with E-state index in [2.05, 4.69) is 12.6 Å². The molecule has 0 bridgehead atoms. The number of halogens is 3. The van der Waals surface area contributed by atoms with Crippen LogP contribution >= 0.6 is 12.6 Å². The van der Waals surface area contributed by atoms with Gasteiger partial charge in [-0.25, -0.2) is 22.0 Å². The van der Waals surface area contributed by atoms with Crippen LogP contribution in [0.25, 0.3) is 0 Å². The van der Waals surface area contributed by atoms with Gasteiger partial charge in [-0.05, 0) is 42.3 Å². The minimum Gasteiger partial charge on any atom is -0.378 e. The molecule has 0 saturated carbocycles. The van der Waals surface area contributed by atoms with E-state index >= 15 is 0 Å². The molecule has 0 fully saturated rings. The van der Waals surface area contributed by atoms with Gasteiger partial charge in [-0.3, -0.25) is 0 Å². The summed E-state index contributed by atoms with van der Waals surface area (Å²) in [6.07, 6.45) is 0.451. The second-order valence-corrected chi connectivity index (χ2v) is 11.1. The molecule has 2 aromatic carbocycles. The van der Waals surface area contributed by atoms with E-state index in [0.29, 0.717) is 18.1 Å². The Morgan fingerprint density at radius 1 is 1.06 bits per heavy atom. The quantitative estimate of drug-likeness (QED) is 0.415. The molecule has 0 spiro atoms. The molecule has 7 nitrogen and oxygen atoms in total. The summed E-state index contributed by atoms with van der Waals surface area (Å²) in [5.74, 6) is 0. The van der Waals surface area contributed by atoms with Crippen molar-refractivity contribution in [2.75, 3.05) is 30.4 Å². The molecule has 0 unspecified atom stereocenters. The number of thiol groups is 1. The molecule has 178 valence electrons. The molecule has 0 amide bonds. The lowest BCUT2D eigenvalue weighted by atomic mass is 10.1. The van der Waals surface area contributed by atoms with Crippen LogP contribution in [-0.4, -0.2) is 43.0 Å². The number of hydrogen-bond acceptors (Lipinski definition) is 7. The first-order valence-electron chi connectivity index (χ1n) is 9.31. The first-order valence-corrected chi connectivity index (χ1v) is 12.9. The molecule has 0 radical (unpaired) electrons. The van der Waals surface area contributed by atoms with Crippen molar-refractivity contribution in [3.05, 3.63) is 48.0 Å². The Balaban J connectivity index is 2.76. The summed E-state index contributed by atoms with van der Waals surface area (Å²) in [6, 6.07) is 9.48. The van der Waals surface area contributed by atoms with Crippen molar-refractivity contribution in [1.82, 2.24) is 0 Å². The highest BCUT2D eigenvalue weighted by Crippen LogP contribution is 2.41. The number of rotatable bonds is 8. The van der Waals surface area contributed by atoms with Gasteiger partial charge in [0.15, 0.2) is 0 Å². The summed E-state index contributed by atoms with van der Waals surface area (Å²) in [5.41, 5.74) is -4.55. The minimum atomic E-state index is -5.89. The maximum atomic E-state index is 13.4. The predicted octanol–water partition coefficient (Wildman–Crippen LogP) is 3.54. The van der Waals surface area contributed by atoms with E-state index in [-0.39, 0.29) is 12.2 Å². The molecular weight excluding hydrogens is 487 g/mol. The highest BCUT2D eigenvalue weighted by molar-refractivity contribution is 7.92. The zero-order valence-electron chi connectivity index (χ0n) is 17.5. The Bertz CT molecular complexity index is 1180. The monoisotopic (exact) mass is 511 g/mol. The van der Waals surface area contributed by atoms with Crippen molar-refractivity contribution < 1.29 is 30.0 Å². The van der Waals surface area contributed by atoms with Crippen molar-refractivity contribution in [3.63, 3.8) is 0 Å². The maximum Gasteiger partial charge on any atom is 0.501 e. The molecule has 0 heterocycles. The molecule has 32 heavy (non-hydrogen) atoms. The van der Waals surface area contributed by atoms with Crippen molar-refractivity contribution in [2.24, 2.45) is 5.14 Å². The highest BCUT2D eigenvalue weighted by atomic mass is 32.2. The Hall–Kier alpha value is -1.96. The van der Waals surface area contributed by atoms with E-state index in [0.717, 1.165) is 17.8 Å². The zero-order valence-corrected chi connectivity index (χ0v) is 20.1. The fraction of sp³-hybridized carbons (Fsp3) is 0.368. The number of benzene rings is 2. The van der Waals surface area contributed by atoms with Crippen molar-refractivity contribution in [1.29, 1.82) is 0 Å². The number of hydrogen-bond donors (Lipinski definition) is 2. The number of sulfone groups is 1. The first kappa shape index (κ1) is 26.3. The van der Waals surface area contributed by atoms with Crippen LogP contribution < -0.4 is 14.9 Å². The van der Waals surface area contributed by atoms with Gasteiger partial charge in [-0.1, -0.05) is 19.1 Å². The average molecular weight is 512 g/mol. The molecule has 0 aliphatic heterocycles. The van der Waals surface area contributed by atoms with E-state index in [9.17, 15) is 30.0 Å². The normalized spacial score (nSPS) is 13.6. The van der Waals surface area contributed by atoms with E-state index in [4.69, 9.17) is 5.14 Å². The maximum absolute atomic E-state index is 13.4. The molecule has 0 saturated heterocycles. The molecule has 1 atom stereocenters. The topological polar surface area (TPSA) is 101 Å². The molecule has 13 heteroatoms. The van der Waals surface area contributed by atoms with Crippen LogP contribution in [0.1, 0.15) is 24.3 Å². The molecule has 0 aromatic heterocycles. The van der Waals surface area contributed by atoms with Crippen LogP contribution in [-0.2, 0) is 19.9 Å². The minimum absolute atomic E-state index is 0.148. The van der Waals surface area contributed by atoms with Crippen molar-refractivity contribution in [3.8, 4) is 0 Å². The number of nitrogens with zero attached hydrogens (tertiary/aromatic N) is 2. The third-order valence-corrected chi connectivity index (χ3v) is 7.61. The lowest BCUT2D eigenvalue weighted by Crippen LogP contribution is -2.31. The fourth-order valence-electron chi connectivity index (χ4n) is 3.01. The zero-order chi connectivity index (χ0) is 24.5. The number of primary sulfonamides is 1. The highest BCUT2D eigenvalue weighted by Gasteiger charge is 2.49. The van der Waals surface area contributed by atoms with Gasteiger partial charge in [0.1, 0.15) is 4.90 Å². The molecular formula is C19H24F3N3O4S3. The van der Waals surface area contributed by atoms with Gasteiger partial charge in [0.25, 0.3) is 9.84 Å². The number of sulfonamides is 1. The second kappa shape index (κ2) is 9.49. The Morgan fingerprint density at radius 3 is 2.19 bits per heavy atom. The molecule has 2 N–H and O–H groups in total. The van der Waals surface area contributed by atoms with Gasteiger partial charge in [-0.2, -0.15) is 13.2 Å². The molecule has 2 rings (SSSR count). The van der Waals surface area contributed by atoms with Crippen LogP contribution in [0.2, 0.25) is 0 Å². The van der Waals surface area contributed by atoms with E-state index in [1.165, 1.54) is 4.90 Å². The van der Waals surface area contributed by atoms with Crippen molar-refractivity contribution >= 4 is 43.9 Å². The lowest BCUT2D eigenvalue weighted by Gasteiger charge is -2.33. The molecule has 0 aliphatic rings. The van der Waals surface area contributed by atoms with Crippen LogP contribution in [0.3, 0.4) is 0 Å². The van der Waals surface area contributed by atoms with Gasteiger partial charge >= 0.3 is 5.51 Å². The van der Waals surface area contributed by atoms with Gasteiger partial charge in [0.2, 0.25) is 10.0 Å². The predicted molar refractivity (Wildman–Crippen MR) is 121 cm³/mol.